The van der Waals surface area contributed by atoms with Gasteiger partial charge in [0.2, 0.25) is 0 Å². The van der Waals surface area contributed by atoms with E-state index in [9.17, 15) is 0 Å². The predicted octanol–water partition coefficient (Wildman–Crippen LogP) is 4.56. The van der Waals surface area contributed by atoms with E-state index in [0.717, 1.165) is 28.5 Å². The number of hydrogen-bond acceptors (Lipinski definition) is 4. The smallest absolute Gasteiger partial charge is 0.161 e. The Bertz CT molecular complexity index is 657. The van der Waals surface area contributed by atoms with Crippen LogP contribution < -0.4 is 5.32 Å². The van der Waals surface area contributed by atoms with E-state index in [1.54, 1.807) is 0 Å². The van der Waals surface area contributed by atoms with Gasteiger partial charge in [-0.2, -0.15) is 0 Å². The van der Waals surface area contributed by atoms with Gasteiger partial charge in [-0.3, -0.25) is 9.98 Å². The Morgan fingerprint density at radius 3 is 2.81 bits per heavy atom. The molecule has 3 rings (SSSR count). The summed E-state index contributed by atoms with van der Waals surface area (Å²) >= 11 is 1.85. The number of anilines is 1. The second-order valence-electron chi connectivity index (χ2n) is 5.64. The van der Waals surface area contributed by atoms with Gasteiger partial charge in [-0.05, 0) is 30.4 Å². The van der Waals surface area contributed by atoms with Crippen molar-refractivity contribution < 1.29 is 0 Å². The van der Waals surface area contributed by atoms with Gasteiger partial charge in [0.05, 0.1) is 0 Å². The first-order valence-corrected chi connectivity index (χ1v) is 8.52. The van der Waals surface area contributed by atoms with Crippen LogP contribution in [0.3, 0.4) is 0 Å². The number of amidine groups is 1. The van der Waals surface area contributed by atoms with Gasteiger partial charge in [0.15, 0.2) is 5.17 Å². The van der Waals surface area contributed by atoms with Gasteiger partial charge in [-0.25, -0.2) is 0 Å². The molecule has 1 aliphatic rings. The van der Waals surface area contributed by atoms with Crippen molar-refractivity contribution in [1.29, 1.82) is 0 Å². The van der Waals surface area contributed by atoms with E-state index in [0.29, 0.717) is 5.41 Å². The molecule has 0 unspecified atom stereocenters. The van der Waals surface area contributed by atoms with Gasteiger partial charge in [0, 0.05) is 41.2 Å². The van der Waals surface area contributed by atoms with Crippen LogP contribution in [-0.2, 0) is 0 Å². The van der Waals surface area contributed by atoms with Crippen LogP contribution in [0, 0.1) is 5.41 Å². The number of nitrogens with zero attached hydrogens (tertiary/aromatic N) is 2. The highest BCUT2D eigenvalue weighted by atomic mass is 32.2. The number of fused-ring (bicyclic) bond motifs is 1. The first kappa shape index (κ1) is 14.4. The minimum atomic E-state index is 0.387. The number of hydrogen-bond donors (Lipinski definition) is 1. The van der Waals surface area contributed by atoms with Gasteiger partial charge in [-0.1, -0.05) is 37.7 Å². The van der Waals surface area contributed by atoms with Crippen LogP contribution in [-0.4, -0.2) is 22.4 Å². The number of nitrogens with one attached hydrogen (secondary N) is 1. The first-order chi connectivity index (χ1) is 10.3. The Kier molecular flexibility index (Phi) is 4.15. The van der Waals surface area contributed by atoms with Crippen LogP contribution in [0.25, 0.3) is 10.8 Å². The Morgan fingerprint density at radius 1 is 1.24 bits per heavy atom. The number of thioether (sulfide) groups is 1. The molecule has 1 aromatic heterocycles. The number of aliphatic imine (C=N–C) groups is 1. The highest BCUT2D eigenvalue weighted by Gasteiger charge is 2.30. The molecular weight excluding hydrogens is 278 g/mol. The highest BCUT2D eigenvalue weighted by Crippen LogP contribution is 2.36. The molecule has 1 aliphatic heterocycles. The number of rotatable bonds is 3. The average molecular weight is 299 g/mol. The maximum absolute atomic E-state index is 4.78. The molecule has 0 fully saturated rings. The molecule has 3 nitrogen and oxygen atoms in total. The summed E-state index contributed by atoms with van der Waals surface area (Å²) in [5, 5.41) is 6.88. The molecule has 1 N–H and O–H groups in total. The largest absolute Gasteiger partial charge is 0.334 e. The average Bonchev–Trinajstić information content (AvgIpc) is 2.56. The lowest BCUT2D eigenvalue weighted by Crippen LogP contribution is -2.32. The quantitative estimate of drug-likeness (QED) is 0.903. The second-order valence-corrected chi connectivity index (χ2v) is 6.61. The molecular formula is C17H21N3S. The predicted molar refractivity (Wildman–Crippen MR) is 93.1 cm³/mol. The lowest BCUT2D eigenvalue weighted by molar-refractivity contribution is 0.318. The Hall–Kier alpha value is -1.55. The molecule has 110 valence electrons. The molecule has 0 bridgehead atoms. The molecule has 2 heterocycles. The van der Waals surface area contributed by atoms with E-state index in [1.165, 1.54) is 18.2 Å². The maximum Gasteiger partial charge on any atom is 0.161 e. The highest BCUT2D eigenvalue weighted by molar-refractivity contribution is 8.14. The van der Waals surface area contributed by atoms with E-state index in [4.69, 9.17) is 4.99 Å². The van der Waals surface area contributed by atoms with Crippen molar-refractivity contribution in [2.24, 2.45) is 10.4 Å². The summed E-state index contributed by atoms with van der Waals surface area (Å²) in [4.78, 5) is 8.96. The number of pyridine rings is 1. The standard InChI is InChI=1S/C17H21N3S/c1-3-17(4-2)11-19-16(21-12-17)20-15-7-5-6-13-10-18-9-8-14(13)15/h5-10H,3-4,11-12H2,1-2H3,(H,19,20). The summed E-state index contributed by atoms with van der Waals surface area (Å²) < 4.78 is 0. The van der Waals surface area contributed by atoms with Crippen LogP contribution in [0.4, 0.5) is 5.69 Å². The fourth-order valence-electron chi connectivity index (χ4n) is 2.65. The second kappa shape index (κ2) is 6.06. The van der Waals surface area contributed by atoms with Crippen molar-refractivity contribution in [3.8, 4) is 0 Å². The lowest BCUT2D eigenvalue weighted by Gasteiger charge is -2.33. The van der Waals surface area contributed by atoms with Crippen molar-refractivity contribution in [2.75, 3.05) is 17.6 Å². The molecule has 0 saturated carbocycles. The minimum absolute atomic E-state index is 0.387. The summed E-state index contributed by atoms with van der Waals surface area (Å²) in [6.07, 6.45) is 6.14. The van der Waals surface area contributed by atoms with Crippen LogP contribution in [0.1, 0.15) is 26.7 Å². The van der Waals surface area contributed by atoms with E-state index in [1.807, 2.05) is 30.2 Å². The third-order valence-corrected chi connectivity index (χ3v) is 5.76. The van der Waals surface area contributed by atoms with E-state index in [-0.39, 0.29) is 0 Å². The molecule has 1 aromatic carbocycles. The van der Waals surface area contributed by atoms with Gasteiger partial charge in [-0.15, -0.1) is 0 Å². The number of benzene rings is 1. The zero-order valence-electron chi connectivity index (χ0n) is 12.6. The van der Waals surface area contributed by atoms with Gasteiger partial charge in [0.1, 0.15) is 0 Å². The molecule has 0 atom stereocenters. The normalized spacial score (nSPS) is 17.5. The fourth-order valence-corrected chi connectivity index (χ4v) is 3.93. The maximum atomic E-state index is 4.78. The van der Waals surface area contributed by atoms with Gasteiger partial charge in [0.25, 0.3) is 0 Å². The van der Waals surface area contributed by atoms with Gasteiger partial charge < -0.3 is 5.32 Å². The molecule has 21 heavy (non-hydrogen) atoms. The van der Waals surface area contributed by atoms with Crippen LogP contribution in [0.2, 0.25) is 0 Å². The minimum Gasteiger partial charge on any atom is -0.334 e. The molecule has 0 spiro atoms. The van der Waals surface area contributed by atoms with E-state index < -0.39 is 0 Å². The van der Waals surface area contributed by atoms with Crippen molar-refractivity contribution in [3.05, 3.63) is 36.7 Å². The van der Waals surface area contributed by atoms with Crippen molar-refractivity contribution >= 4 is 33.4 Å². The summed E-state index contributed by atoms with van der Waals surface area (Å²) in [5.41, 5.74) is 1.50. The topological polar surface area (TPSA) is 37.3 Å². The van der Waals surface area contributed by atoms with Crippen LogP contribution in [0.5, 0.6) is 0 Å². The molecule has 2 aromatic rings. The SMILES string of the molecule is CCC1(CC)CN=C(Nc2cccc3cnccc23)SC1. The molecule has 0 saturated heterocycles. The van der Waals surface area contributed by atoms with E-state index >= 15 is 0 Å². The Balaban J connectivity index is 1.82. The third kappa shape index (κ3) is 2.91. The summed E-state index contributed by atoms with van der Waals surface area (Å²) in [6.45, 7) is 5.48. The lowest BCUT2D eigenvalue weighted by atomic mass is 9.84. The van der Waals surface area contributed by atoms with E-state index in [2.05, 4.69) is 42.3 Å². The summed E-state index contributed by atoms with van der Waals surface area (Å²) in [6, 6.07) is 8.30. The summed E-state index contributed by atoms with van der Waals surface area (Å²) in [7, 11) is 0. The first-order valence-electron chi connectivity index (χ1n) is 7.53. The monoisotopic (exact) mass is 299 g/mol. The van der Waals surface area contributed by atoms with Crippen LogP contribution in [0.15, 0.2) is 41.7 Å². The zero-order chi connectivity index (χ0) is 14.7. The molecule has 0 amide bonds. The van der Waals surface area contributed by atoms with Crippen molar-refractivity contribution in [2.45, 2.75) is 26.7 Å². The number of aromatic nitrogens is 1. The van der Waals surface area contributed by atoms with Crippen molar-refractivity contribution in [1.82, 2.24) is 4.98 Å². The molecule has 4 heteroatoms. The fraction of sp³-hybridized carbons (Fsp3) is 0.412. The summed E-state index contributed by atoms with van der Waals surface area (Å²) in [5.74, 6) is 1.15. The third-order valence-electron chi connectivity index (χ3n) is 4.50. The Morgan fingerprint density at radius 2 is 2.10 bits per heavy atom. The van der Waals surface area contributed by atoms with Crippen molar-refractivity contribution in [3.63, 3.8) is 0 Å². The zero-order valence-corrected chi connectivity index (χ0v) is 13.4. The molecule has 0 radical (unpaired) electrons. The van der Waals surface area contributed by atoms with Gasteiger partial charge >= 0.3 is 0 Å². The van der Waals surface area contributed by atoms with Crippen LogP contribution >= 0.6 is 11.8 Å². The Labute approximate surface area is 130 Å². The molecule has 0 aliphatic carbocycles.